The number of aromatic nitrogens is 2. The Bertz CT molecular complexity index is 559. The molecule has 1 aromatic heterocycles. The number of aryl methyl sites for hydroxylation is 2. The van der Waals surface area contributed by atoms with Crippen LogP contribution in [0, 0.1) is 10.5 Å². The summed E-state index contributed by atoms with van der Waals surface area (Å²) < 4.78 is 8.46. The Hall–Kier alpha value is -1.08. The first-order valence-electron chi connectivity index (χ1n) is 6.20. The van der Waals surface area contributed by atoms with Crippen molar-refractivity contribution in [2.45, 2.75) is 26.4 Å². The van der Waals surface area contributed by atoms with Gasteiger partial charge in [0.1, 0.15) is 5.69 Å². The molecule has 0 radical (unpaired) electrons. The normalized spacial score (nSPS) is 12.5. The van der Waals surface area contributed by atoms with Crippen LogP contribution in [0.2, 0.25) is 0 Å². The van der Waals surface area contributed by atoms with Crippen LogP contribution in [-0.4, -0.2) is 16.9 Å². The van der Waals surface area contributed by atoms with Crippen molar-refractivity contribution in [3.8, 4) is 5.75 Å². The number of rotatable bonds is 4. The maximum absolute atomic E-state index is 6.44. The van der Waals surface area contributed by atoms with Crippen molar-refractivity contribution in [2.24, 2.45) is 5.73 Å². The Balaban J connectivity index is 2.52. The fourth-order valence-electron chi connectivity index (χ4n) is 2.16. The fraction of sp³-hybridized carbons (Fsp3) is 0.357. The van der Waals surface area contributed by atoms with Crippen molar-refractivity contribution in [1.29, 1.82) is 0 Å². The average molecular weight is 371 g/mol. The van der Waals surface area contributed by atoms with Gasteiger partial charge in [-0.2, -0.15) is 5.10 Å². The molecule has 0 amide bonds. The van der Waals surface area contributed by atoms with E-state index in [9.17, 15) is 0 Å². The number of hydrogen-bond donors (Lipinski definition) is 1. The second-order valence-corrected chi connectivity index (χ2v) is 5.45. The van der Waals surface area contributed by atoms with Crippen LogP contribution < -0.4 is 10.5 Å². The van der Waals surface area contributed by atoms with Crippen LogP contribution in [0.1, 0.15) is 29.8 Å². The van der Waals surface area contributed by atoms with E-state index in [1.807, 2.05) is 17.7 Å². The molecule has 0 aliphatic heterocycles. The molecule has 102 valence electrons. The summed E-state index contributed by atoms with van der Waals surface area (Å²) >= 11 is 2.34. The van der Waals surface area contributed by atoms with E-state index < -0.39 is 0 Å². The van der Waals surface area contributed by atoms with Crippen molar-refractivity contribution in [3.63, 3.8) is 0 Å². The summed E-state index contributed by atoms with van der Waals surface area (Å²) in [7, 11) is 1.65. The summed E-state index contributed by atoms with van der Waals surface area (Å²) in [5.41, 5.74) is 9.70. The molecule has 1 unspecified atom stereocenters. The third kappa shape index (κ3) is 2.62. The van der Waals surface area contributed by atoms with Gasteiger partial charge in [0.25, 0.3) is 0 Å². The highest BCUT2D eigenvalue weighted by Gasteiger charge is 2.21. The van der Waals surface area contributed by atoms with Crippen LogP contribution in [0.3, 0.4) is 0 Å². The van der Waals surface area contributed by atoms with Gasteiger partial charge >= 0.3 is 0 Å². The fourth-order valence-corrected chi connectivity index (χ4v) is 2.85. The molecule has 5 heteroatoms. The number of methoxy groups -OCH3 is 1. The zero-order chi connectivity index (χ0) is 14.0. The molecule has 2 N–H and O–H groups in total. The Kier molecular flexibility index (Phi) is 4.46. The van der Waals surface area contributed by atoms with E-state index in [2.05, 4.69) is 46.7 Å². The summed E-state index contributed by atoms with van der Waals surface area (Å²) in [6.45, 7) is 4.91. The van der Waals surface area contributed by atoms with Crippen LogP contribution in [-0.2, 0) is 6.54 Å². The predicted molar refractivity (Wildman–Crippen MR) is 84.4 cm³/mol. The molecular formula is C14H18IN3O. The van der Waals surface area contributed by atoms with Gasteiger partial charge in [0.05, 0.1) is 19.3 Å². The van der Waals surface area contributed by atoms with E-state index >= 15 is 0 Å². The molecule has 0 spiro atoms. The maximum Gasteiger partial charge on any atom is 0.161 e. The summed E-state index contributed by atoms with van der Waals surface area (Å²) in [5, 5.41) is 4.31. The minimum Gasteiger partial charge on any atom is -0.493 e. The third-order valence-electron chi connectivity index (χ3n) is 3.22. The quantitative estimate of drug-likeness (QED) is 0.841. The van der Waals surface area contributed by atoms with Crippen molar-refractivity contribution in [1.82, 2.24) is 9.78 Å². The number of hydrogen-bond acceptors (Lipinski definition) is 3. The van der Waals surface area contributed by atoms with Crippen molar-refractivity contribution in [3.05, 3.63) is 44.8 Å². The lowest BCUT2D eigenvalue weighted by molar-refractivity contribution is 0.404. The average Bonchev–Trinajstić information content (AvgIpc) is 2.84. The molecule has 1 atom stereocenters. The lowest BCUT2D eigenvalue weighted by Gasteiger charge is -2.17. The second kappa shape index (κ2) is 5.92. The van der Waals surface area contributed by atoms with Crippen molar-refractivity contribution < 1.29 is 4.74 Å². The Morgan fingerprint density at radius 2 is 2.21 bits per heavy atom. The largest absolute Gasteiger partial charge is 0.493 e. The third-order valence-corrected chi connectivity index (χ3v) is 4.69. The van der Waals surface area contributed by atoms with Crippen LogP contribution >= 0.6 is 22.6 Å². The van der Waals surface area contributed by atoms with E-state index in [0.717, 1.165) is 23.6 Å². The van der Waals surface area contributed by atoms with Gasteiger partial charge in [-0.25, -0.2) is 0 Å². The van der Waals surface area contributed by atoms with Crippen molar-refractivity contribution >= 4 is 22.6 Å². The van der Waals surface area contributed by atoms with E-state index in [4.69, 9.17) is 10.5 Å². The Morgan fingerprint density at radius 1 is 1.47 bits per heavy atom. The zero-order valence-corrected chi connectivity index (χ0v) is 13.5. The van der Waals surface area contributed by atoms with E-state index in [-0.39, 0.29) is 6.04 Å². The monoisotopic (exact) mass is 371 g/mol. The van der Waals surface area contributed by atoms with Gasteiger partial charge in [-0.3, -0.25) is 4.68 Å². The summed E-state index contributed by atoms with van der Waals surface area (Å²) in [6, 6.07) is 5.95. The molecule has 0 aliphatic rings. The summed E-state index contributed by atoms with van der Waals surface area (Å²) in [5.74, 6) is 0.742. The molecule has 2 rings (SSSR count). The van der Waals surface area contributed by atoms with Crippen LogP contribution in [0.25, 0.3) is 0 Å². The number of halogens is 1. The van der Waals surface area contributed by atoms with Gasteiger partial charge in [-0.15, -0.1) is 0 Å². The van der Waals surface area contributed by atoms with Gasteiger partial charge in [-0.05, 0) is 47.6 Å². The van der Waals surface area contributed by atoms with Crippen LogP contribution in [0.5, 0.6) is 5.75 Å². The lowest BCUT2D eigenvalue weighted by Crippen LogP contribution is -2.19. The predicted octanol–water partition coefficient (Wildman–Crippen LogP) is 2.87. The summed E-state index contributed by atoms with van der Waals surface area (Å²) in [4.78, 5) is 0. The van der Waals surface area contributed by atoms with Gasteiger partial charge in [0.15, 0.2) is 5.75 Å². The first kappa shape index (κ1) is 14.3. The van der Waals surface area contributed by atoms with Crippen LogP contribution in [0.15, 0.2) is 24.4 Å². The SMILES string of the molecule is CCn1ncc(OC)c1C(N)c1cccc(C)c1I. The van der Waals surface area contributed by atoms with Gasteiger partial charge in [0, 0.05) is 10.1 Å². The van der Waals surface area contributed by atoms with Gasteiger partial charge in [-0.1, -0.05) is 18.2 Å². The molecule has 4 nitrogen and oxygen atoms in total. The highest BCUT2D eigenvalue weighted by molar-refractivity contribution is 14.1. The standard InChI is InChI=1S/C14H18IN3O/c1-4-18-14(11(19-3)8-17-18)13(16)10-7-5-6-9(2)12(10)15/h5-8,13H,4,16H2,1-3H3. The van der Waals surface area contributed by atoms with Gasteiger partial charge in [0.2, 0.25) is 0 Å². The molecule has 0 fully saturated rings. The highest BCUT2D eigenvalue weighted by atomic mass is 127. The molecule has 1 heterocycles. The van der Waals surface area contributed by atoms with E-state index in [1.165, 1.54) is 9.13 Å². The smallest absolute Gasteiger partial charge is 0.161 e. The van der Waals surface area contributed by atoms with Crippen molar-refractivity contribution in [2.75, 3.05) is 7.11 Å². The Morgan fingerprint density at radius 3 is 2.84 bits per heavy atom. The lowest BCUT2D eigenvalue weighted by atomic mass is 10.0. The topological polar surface area (TPSA) is 53.1 Å². The molecule has 0 aliphatic carbocycles. The molecule has 19 heavy (non-hydrogen) atoms. The number of ether oxygens (including phenoxy) is 1. The second-order valence-electron chi connectivity index (χ2n) is 4.37. The zero-order valence-electron chi connectivity index (χ0n) is 11.4. The van der Waals surface area contributed by atoms with E-state index in [1.54, 1.807) is 13.3 Å². The summed E-state index contributed by atoms with van der Waals surface area (Å²) in [6.07, 6.45) is 1.72. The maximum atomic E-state index is 6.44. The number of nitrogens with two attached hydrogens (primary N) is 1. The number of nitrogens with zero attached hydrogens (tertiary/aromatic N) is 2. The molecule has 0 saturated heterocycles. The molecule has 2 aromatic rings. The molecule has 0 saturated carbocycles. The Labute approximate surface area is 127 Å². The van der Waals surface area contributed by atoms with Crippen LogP contribution in [0.4, 0.5) is 0 Å². The first-order chi connectivity index (χ1) is 9.10. The minimum absolute atomic E-state index is 0.232. The highest BCUT2D eigenvalue weighted by Crippen LogP contribution is 2.31. The molecule has 1 aromatic carbocycles. The minimum atomic E-state index is -0.232. The number of benzene rings is 1. The first-order valence-corrected chi connectivity index (χ1v) is 7.28. The molecular weight excluding hydrogens is 353 g/mol. The van der Waals surface area contributed by atoms with Gasteiger partial charge < -0.3 is 10.5 Å². The molecule has 0 bridgehead atoms. The van der Waals surface area contributed by atoms with E-state index in [0.29, 0.717) is 0 Å².